The largest absolute Gasteiger partial charge is 0.378 e. The van der Waals surface area contributed by atoms with Gasteiger partial charge in [-0.1, -0.05) is 0 Å². The van der Waals surface area contributed by atoms with Crippen LogP contribution < -0.4 is 5.32 Å². The third kappa shape index (κ3) is 3.35. The number of carbonyl (C=O) groups is 1. The summed E-state index contributed by atoms with van der Waals surface area (Å²) in [6, 6.07) is 0. The van der Waals surface area contributed by atoms with Crippen LogP contribution in [0.4, 0.5) is 0 Å². The smallest absolute Gasteiger partial charge is 0.220 e. The van der Waals surface area contributed by atoms with E-state index in [0.29, 0.717) is 18.4 Å². The molecule has 76 valence electrons. The Labute approximate surface area is 79.8 Å². The van der Waals surface area contributed by atoms with Crippen LogP contribution in [0.15, 0.2) is 0 Å². The Bertz CT molecular complexity index is 164. The van der Waals surface area contributed by atoms with E-state index >= 15 is 0 Å². The van der Waals surface area contributed by atoms with Gasteiger partial charge in [-0.25, -0.2) is 0 Å². The van der Waals surface area contributed by atoms with E-state index < -0.39 is 0 Å². The Morgan fingerprint density at radius 3 is 2.69 bits per heavy atom. The molecule has 0 aromatic rings. The summed E-state index contributed by atoms with van der Waals surface area (Å²) in [7, 11) is 0. The average molecular weight is 185 g/mol. The summed E-state index contributed by atoms with van der Waals surface area (Å²) < 4.78 is 5.42. The molecule has 0 unspecified atom stereocenters. The molecular formula is C10H19NO2. The molecule has 1 rings (SSSR count). The highest BCUT2D eigenvalue weighted by atomic mass is 16.5. The Morgan fingerprint density at radius 1 is 1.46 bits per heavy atom. The monoisotopic (exact) mass is 185 g/mol. The third-order valence-electron chi connectivity index (χ3n) is 2.44. The average Bonchev–Trinajstić information content (AvgIpc) is 2.01. The molecule has 0 aliphatic heterocycles. The number of ether oxygens (including phenoxy) is 1. The molecule has 13 heavy (non-hydrogen) atoms. The van der Waals surface area contributed by atoms with E-state index in [0.717, 1.165) is 26.0 Å². The van der Waals surface area contributed by atoms with Crippen molar-refractivity contribution in [3.05, 3.63) is 0 Å². The van der Waals surface area contributed by atoms with Gasteiger partial charge >= 0.3 is 0 Å². The van der Waals surface area contributed by atoms with Crippen LogP contribution in [0.3, 0.4) is 0 Å². The number of nitrogens with one attached hydrogen (secondary N) is 1. The quantitative estimate of drug-likeness (QED) is 0.701. The van der Waals surface area contributed by atoms with Gasteiger partial charge < -0.3 is 10.1 Å². The van der Waals surface area contributed by atoms with Crippen LogP contribution in [0.25, 0.3) is 0 Å². The zero-order valence-corrected chi connectivity index (χ0v) is 8.51. The highest BCUT2D eigenvalue weighted by Gasteiger charge is 2.30. The molecule has 0 spiro atoms. The molecular weight excluding hydrogens is 166 g/mol. The zero-order chi connectivity index (χ0) is 9.68. The van der Waals surface area contributed by atoms with Crippen molar-refractivity contribution in [1.29, 1.82) is 0 Å². The van der Waals surface area contributed by atoms with Crippen LogP contribution in [0.2, 0.25) is 0 Å². The fraction of sp³-hybridized carbons (Fsp3) is 0.900. The first kappa shape index (κ1) is 10.5. The number of rotatable bonds is 5. The van der Waals surface area contributed by atoms with Crippen LogP contribution in [0, 0.1) is 5.92 Å². The Kier molecular flexibility index (Phi) is 4.22. The molecule has 0 heterocycles. The van der Waals surface area contributed by atoms with Gasteiger partial charge in [0, 0.05) is 19.6 Å². The normalized spacial score (nSPS) is 26.6. The van der Waals surface area contributed by atoms with Gasteiger partial charge in [0.05, 0.1) is 6.10 Å². The predicted molar refractivity (Wildman–Crippen MR) is 51.4 cm³/mol. The predicted octanol–water partition coefficient (Wildman–Crippen LogP) is 1.33. The van der Waals surface area contributed by atoms with Gasteiger partial charge in [0.15, 0.2) is 0 Å². The molecule has 1 fully saturated rings. The minimum atomic E-state index is 0.183. The van der Waals surface area contributed by atoms with E-state index in [4.69, 9.17) is 4.74 Å². The third-order valence-corrected chi connectivity index (χ3v) is 2.44. The van der Waals surface area contributed by atoms with Crippen molar-refractivity contribution < 1.29 is 9.53 Å². The lowest BCUT2D eigenvalue weighted by Crippen LogP contribution is -2.35. The summed E-state index contributed by atoms with van der Waals surface area (Å²) in [5.41, 5.74) is 0. The number of hydrogen-bond acceptors (Lipinski definition) is 2. The van der Waals surface area contributed by atoms with E-state index in [1.165, 1.54) is 0 Å². The Morgan fingerprint density at radius 2 is 2.15 bits per heavy atom. The van der Waals surface area contributed by atoms with Gasteiger partial charge in [0.2, 0.25) is 5.91 Å². The van der Waals surface area contributed by atoms with Crippen molar-refractivity contribution in [2.45, 2.75) is 39.2 Å². The van der Waals surface area contributed by atoms with E-state index in [9.17, 15) is 4.79 Å². The lowest BCUT2D eigenvalue weighted by atomic mass is 9.80. The van der Waals surface area contributed by atoms with Crippen molar-refractivity contribution in [3.8, 4) is 0 Å². The summed E-state index contributed by atoms with van der Waals surface area (Å²) in [6.07, 6.45) is 3.22. The van der Waals surface area contributed by atoms with Gasteiger partial charge in [-0.2, -0.15) is 0 Å². The molecule has 1 amide bonds. The maximum atomic E-state index is 11.2. The van der Waals surface area contributed by atoms with Crippen molar-refractivity contribution in [1.82, 2.24) is 5.32 Å². The van der Waals surface area contributed by atoms with E-state index in [1.807, 2.05) is 13.8 Å². The summed E-state index contributed by atoms with van der Waals surface area (Å²) in [5, 5.41) is 2.81. The van der Waals surface area contributed by atoms with Crippen molar-refractivity contribution in [3.63, 3.8) is 0 Å². The summed E-state index contributed by atoms with van der Waals surface area (Å²) in [6.45, 7) is 5.48. The minimum absolute atomic E-state index is 0.183. The SMILES string of the molecule is CCNC(=O)CC1CC(OCC)C1. The Hall–Kier alpha value is -0.570. The molecule has 3 nitrogen and oxygen atoms in total. The lowest BCUT2D eigenvalue weighted by molar-refractivity contribution is -0.124. The lowest BCUT2D eigenvalue weighted by Gasteiger charge is -2.34. The van der Waals surface area contributed by atoms with Crippen LogP contribution in [-0.2, 0) is 9.53 Å². The first-order valence-electron chi connectivity index (χ1n) is 5.14. The van der Waals surface area contributed by atoms with Crippen molar-refractivity contribution >= 4 is 5.91 Å². The molecule has 1 saturated carbocycles. The molecule has 0 aromatic carbocycles. The Balaban J connectivity index is 2.04. The van der Waals surface area contributed by atoms with Crippen LogP contribution >= 0.6 is 0 Å². The van der Waals surface area contributed by atoms with Crippen molar-refractivity contribution in [2.75, 3.05) is 13.2 Å². The molecule has 0 aromatic heterocycles. The van der Waals surface area contributed by atoms with Gasteiger partial charge in [0.1, 0.15) is 0 Å². The molecule has 1 aliphatic rings. The maximum absolute atomic E-state index is 11.2. The molecule has 1 N–H and O–H groups in total. The van der Waals surface area contributed by atoms with Gasteiger partial charge in [-0.3, -0.25) is 4.79 Å². The minimum Gasteiger partial charge on any atom is -0.378 e. The number of carbonyl (C=O) groups excluding carboxylic acids is 1. The second-order valence-corrected chi connectivity index (χ2v) is 3.57. The molecule has 1 aliphatic carbocycles. The summed E-state index contributed by atoms with van der Waals surface area (Å²) in [4.78, 5) is 11.2. The first-order chi connectivity index (χ1) is 6.26. The first-order valence-corrected chi connectivity index (χ1v) is 5.14. The molecule has 3 heteroatoms. The highest BCUT2D eigenvalue weighted by molar-refractivity contribution is 5.76. The van der Waals surface area contributed by atoms with Crippen LogP contribution in [0.5, 0.6) is 0 Å². The fourth-order valence-electron chi connectivity index (χ4n) is 1.74. The maximum Gasteiger partial charge on any atom is 0.220 e. The molecule has 0 bridgehead atoms. The molecule has 0 saturated heterocycles. The van der Waals surface area contributed by atoms with E-state index in [2.05, 4.69) is 5.32 Å². The zero-order valence-electron chi connectivity index (χ0n) is 8.51. The molecule has 0 atom stereocenters. The fourth-order valence-corrected chi connectivity index (χ4v) is 1.74. The van der Waals surface area contributed by atoms with Gasteiger partial charge in [-0.15, -0.1) is 0 Å². The number of hydrogen-bond donors (Lipinski definition) is 1. The second-order valence-electron chi connectivity index (χ2n) is 3.57. The summed E-state index contributed by atoms with van der Waals surface area (Å²) in [5.74, 6) is 0.741. The number of amides is 1. The second kappa shape index (κ2) is 5.22. The van der Waals surface area contributed by atoms with Crippen LogP contribution in [0.1, 0.15) is 33.1 Å². The van der Waals surface area contributed by atoms with Gasteiger partial charge in [-0.05, 0) is 32.6 Å². The topological polar surface area (TPSA) is 38.3 Å². The van der Waals surface area contributed by atoms with Crippen molar-refractivity contribution in [2.24, 2.45) is 5.92 Å². The molecule has 0 radical (unpaired) electrons. The standard InChI is InChI=1S/C10H19NO2/c1-3-11-10(12)7-8-5-9(6-8)13-4-2/h8-9H,3-7H2,1-2H3,(H,11,12). The van der Waals surface area contributed by atoms with Gasteiger partial charge in [0.25, 0.3) is 0 Å². The van der Waals surface area contributed by atoms with Crippen LogP contribution in [-0.4, -0.2) is 25.2 Å². The summed E-state index contributed by atoms with van der Waals surface area (Å²) >= 11 is 0. The van der Waals surface area contributed by atoms with E-state index in [-0.39, 0.29) is 5.91 Å². The highest BCUT2D eigenvalue weighted by Crippen LogP contribution is 2.32. The van der Waals surface area contributed by atoms with E-state index in [1.54, 1.807) is 0 Å².